The van der Waals surface area contributed by atoms with E-state index in [0.29, 0.717) is 55.1 Å². The molecule has 26 heavy (non-hydrogen) atoms. The van der Waals surface area contributed by atoms with E-state index in [1.807, 2.05) is 4.90 Å². The summed E-state index contributed by atoms with van der Waals surface area (Å²) in [5, 5.41) is 2.79. The fourth-order valence-electron chi connectivity index (χ4n) is 2.64. The Balaban J connectivity index is 1.83. The van der Waals surface area contributed by atoms with E-state index in [9.17, 15) is 18.4 Å². The van der Waals surface area contributed by atoms with Gasteiger partial charge in [0.15, 0.2) is 0 Å². The van der Waals surface area contributed by atoms with Crippen LogP contribution in [0.2, 0.25) is 0 Å². The molecule has 0 radical (unpaired) electrons. The highest BCUT2D eigenvalue weighted by Gasteiger charge is 2.28. The molecule has 0 aromatic heterocycles. The molecular weight excluding hydrogens is 364 g/mol. The van der Waals surface area contributed by atoms with Crippen molar-refractivity contribution in [1.82, 2.24) is 9.80 Å². The van der Waals surface area contributed by atoms with Gasteiger partial charge in [-0.25, -0.2) is 4.79 Å². The van der Waals surface area contributed by atoms with Gasteiger partial charge in [0.1, 0.15) is 0 Å². The van der Waals surface area contributed by atoms with Gasteiger partial charge in [0.2, 0.25) is 5.91 Å². The summed E-state index contributed by atoms with van der Waals surface area (Å²) in [4.78, 5) is 28.2. The van der Waals surface area contributed by atoms with Crippen LogP contribution in [-0.4, -0.2) is 66.4 Å². The van der Waals surface area contributed by atoms with Crippen LogP contribution in [0.3, 0.4) is 0 Å². The van der Waals surface area contributed by atoms with Gasteiger partial charge in [0, 0.05) is 36.8 Å². The summed E-state index contributed by atoms with van der Waals surface area (Å²) in [5.41, 5.74) is 0.561. The minimum atomic E-state index is -2.47. The molecule has 1 aliphatic heterocycles. The molecule has 0 aliphatic carbocycles. The van der Waals surface area contributed by atoms with E-state index in [-0.39, 0.29) is 18.0 Å². The van der Waals surface area contributed by atoms with Crippen LogP contribution in [0, 0.1) is 0 Å². The Kier molecular flexibility index (Phi) is 7.65. The predicted octanol–water partition coefficient (Wildman–Crippen LogP) is 3.10. The third-order valence-electron chi connectivity index (χ3n) is 4.11. The van der Waals surface area contributed by atoms with E-state index >= 15 is 0 Å². The van der Waals surface area contributed by atoms with Gasteiger partial charge in [-0.3, -0.25) is 9.69 Å². The zero-order valence-electron chi connectivity index (χ0n) is 14.8. The molecule has 2 amide bonds. The molecule has 1 heterocycles. The first-order chi connectivity index (χ1) is 12.4. The van der Waals surface area contributed by atoms with Gasteiger partial charge in [0.05, 0.1) is 12.6 Å². The number of benzene rings is 1. The lowest BCUT2D eigenvalue weighted by Crippen LogP contribution is -2.54. The number of thioether (sulfide) groups is 1. The Morgan fingerprint density at radius 3 is 2.35 bits per heavy atom. The maximum Gasteiger partial charge on any atom is 0.409 e. The van der Waals surface area contributed by atoms with E-state index in [2.05, 4.69) is 5.32 Å². The van der Waals surface area contributed by atoms with Crippen molar-refractivity contribution in [2.45, 2.75) is 30.5 Å². The molecule has 1 atom stereocenters. The molecule has 1 fully saturated rings. The first kappa shape index (κ1) is 20.4. The first-order valence-corrected chi connectivity index (χ1v) is 9.30. The summed E-state index contributed by atoms with van der Waals surface area (Å²) in [6.07, 6.45) is -0.328. The average Bonchev–Trinajstić information content (AvgIpc) is 2.62. The third-order valence-corrected chi connectivity index (χ3v) is 4.84. The van der Waals surface area contributed by atoms with Gasteiger partial charge < -0.3 is 15.0 Å². The number of anilines is 1. The summed E-state index contributed by atoms with van der Waals surface area (Å²) in [6, 6.07) is 5.95. The third kappa shape index (κ3) is 5.84. The Hall–Kier alpha value is -1.87. The van der Waals surface area contributed by atoms with Gasteiger partial charge in [-0.15, -0.1) is 0 Å². The molecule has 0 spiro atoms. The van der Waals surface area contributed by atoms with Crippen LogP contribution >= 0.6 is 11.8 Å². The Morgan fingerprint density at radius 2 is 1.81 bits per heavy atom. The van der Waals surface area contributed by atoms with Gasteiger partial charge in [-0.2, -0.15) is 8.78 Å². The van der Waals surface area contributed by atoms with Crippen LogP contribution < -0.4 is 5.32 Å². The van der Waals surface area contributed by atoms with Gasteiger partial charge in [0.25, 0.3) is 5.76 Å². The van der Waals surface area contributed by atoms with E-state index in [4.69, 9.17) is 4.74 Å². The normalized spacial score (nSPS) is 16.4. The zero-order valence-corrected chi connectivity index (χ0v) is 15.6. The Bertz CT molecular complexity index is 608. The zero-order chi connectivity index (χ0) is 19.1. The fraction of sp³-hybridized carbons (Fsp3) is 0.529. The number of rotatable bonds is 6. The standard InChI is InChI=1S/C17H23F2N3O3S/c1-3-25-17(24)22-10-8-21(9-11-22)12(2)15(23)20-13-4-6-14(7-5-13)26-16(18)19/h4-7,12,16H,3,8-11H2,1-2H3,(H,20,23)/t12-/m1/s1. The molecule has 0 unspecified atom stereocenters. The number of amides is 2. The number of carbonyl (C=O) groups excluding carboxylic acids is 2. The molecule has 1 aromatic rings. The molecule has 1 aromatic carbocycles. The second-order valence-corrected chi connectivity index (χ2v) is 6.85. The van der Waals surface area contributed by atoms with E-state index in [1.165, 1.54) is 0 Å². The predicted molar refractivity (Wildman–Crippen MR) is 96.6 cm³/mol. The lowest BCUT2D eigenvalue weighted by atomic mass is 10.2. The minimum Gasteiger partial charge on any atom is -0.450 e. The summed E-state index contributed by atoms with van der Waals surface area (Å²) in [6.45, 7) is 6.09. The number of alkyl halides is 2. The molecule has 1 aliphatic rings. The smallest absolute Gasteiger partial charge is 0.409 e. The number of nitrogens with one attached hydrogen (secondary N) is 1. The highest BCUT2D eigenvalue weighted by atomic mass is 32.2. The largest absolute Gasteiger partial charge is 0.450 e. The van der Waals surface area contributed by atoms with Crippen molar-refractivity contribution in [2.24, 2.45) is 0 Å². The quantitative estimate of drug-likeness (QED) is 0.760. The fourth-order valence-corrected chi connectivity index (χ4v) is 3.14. The van der Waals surface area contributed by atoms with Gasteiger partial charge >= 0.3 is 6.09 Å². The van der Waals surface area contributed by atoms with Crippen molar-refractivity contribution in [3.63, 3.8) is 0 Å². The number of piperazine rings is 1. The van der Waals surface area contributed by atoms with Crippen molar-refractivity contribution in [3.05, 3.63) is 24.3 Å². The van der Waals surface area contributed by atoms with Gasteiger partial charge in [-0.05, 0) is 38.1 Å². The molecule has 2 rings (SSSR count). The molecule has 1 N–H and O–H groups in total. The molecule has 6 nitrogen and oxygen atoms in total. The first-order valence-electron chi connectivity index (χ1n) is 8.42. The van der Waals surface area contributed by atoms with Crippen LogP contribution in [0.25, 0.3) is 0 Å². The van der Waals surface area contributed by atoms with Crippen LogP contribution in [-0.2, 0) is 9.53 Å². The minimum absolute atomic E-state index is 0.177. The molecule has 9 heteroatoms. The average molecular weight is 387 g/mol. The van der Waals surface area contributed by atoms with Crippen LogP contribution in [0.4, 0.5) is 19.3 Å². The van der Waals surface area contributed by atoms with Crippen molar-refractivity contribution in [1.29, 1.82) is 0 Å². The molecule has 144 valence electrons. The summed E-state index contributed by atoms with van der Waals surface area (Å²) in [5.74, 6) is -2.65. The van der Waals surface area contributed by atoms with Gasteiger partial charge in [-0.1, -0.05) is 11.8 Å². The maximum atomic E-state index is 12.4. The molecular formula is C17H23F2N3O3S. The highest BCUT2D eigenvalue weighted by molar-refractivity contribution is 7.99. The Morgan fingerprint density at radius 1 is 1.19 bits per heavy atom. The molecule has 1 saturated heterocycles. The summed E-state index contributed by atoms with van der Waals surface area (Å²) >= 11 is 0.464. The second kappa shape index (κ2) is 9.72. The topological polar surface area (TPSA) is 61.9 Å². The van der Waals surface area contributed by atoms with Crippen LogP contribution in [0.5, 0.6) is 0 Å². The number of halogens is 2. The van der Waals surface area contributed by atoms with Crippen LogP contribution in [0.1, 0.15) is 13.8 Å². The van der Waals surface area contributed by atoms with Crippen molar-refractivity contribution >= 4 is 29.4 Å². The van der Waals surface area contributed by atoms with Crippen molar-refractivity contribution in [2.75, 3.05) is 38.1 Å². The van der Waals surface area contributed by atoms with E-state index < -0.39 is 5.76 Å². The van der Waals surface area contributed by atoms with E-state index in [0.717, 1.165) is 0 Å². The Labute approximate surface area is 155 Å². The summed E-state index contributed by atoms with van der Waals surface area (Å²) < 4.78 is 29.6. The summed E-state index contributed by atoms with van der Waals surface area (Å²) in [7, 11) is 0. The maximum absolute atomic E-state index is 12.4. The number of nitrogens with zero attached hydrogens (tertiary/aromatic N) is 2. The van der Waals surface area contributed by atoms with Crippen molar-refractivity contribution < 1.29 is 23.1 Å². The number of hydrogen-bond donors (Lipinski definition) is 1. The number of hydrogen-bond acceptors (Lipinski definition) is 5. The monoisotopic (exact) mass is 387 g/mol. The second-order valence-electron chi connectivity index (χ2n) is 5.79. The van der Waals surface area contributed by atoms with Crippen molar-refractivity contribution in [3.8, 4) is 0 Å². The molecule has 0 saturated carbocycles. The SMILES string of the molecule is CCOC(=O)N1CCN([C@H](C)C(=O)Nc2ccc(SC(F)F)cc2)CC1. The number of carbonyl (C=O) groups is 2. The lowest BCUT2D eigenvalue weighted by molar-refractivity contribution is -0.121. The lowest BCUT2D eigenvalue weighted by Gasteiger charge is -2.36. The highest BCUT2D eigenvalue weighted by Crippen LogP contribution is 2.26. The van der Waals surface area contributed by atoms with Crippen LogP contribution in [0.15, 0.2) is 29.2 Å². The van der Waals surface area contributed by atoms with E-state index in [1.54, 1.807) is 43.0 Å². The molecule has 0 bridgehead atoms. The number of ether oxygens (including phenoxy) is 1.